The minimum absolute atomic E-state index is 0.129. The maximum Gasteiger partial charge on any atom is 0.215 e. The largest absolute Gasteiger partial charge is 0.467 e. The van der Waals surface area contributed by atoms with Gasteiger partial charge in [-0.25, -0.2) is 0 Å². The third-order valence-corrected chi connectivity index (χ3v) is 7.72. The predicted molar refractivity (Wildman–Crippen MR) is 145 cm³/mol. The SMILES string of the molecule is CN[C@@H]1[C@@H](O)[C@@H](O[C@H]2[C@H](NC(CO)CO)C[C@H](N)C(O[C@H]3OC(CNCCCN)=CC[C@H]3N)[C@@H]2O)OC[C@]1(C)O. The number of aliphatic hydroxyl groups excluding tert-OH is 4. The van der Waals surface area contributed by atoms with Crippen molar-refractivity contribution in [1.82, 2.24) is 16.0 Å². The maximum absolute atomic E-state index is 11.5. The lowest BCUT2D eigenvalue weighted by Gasteiger charge is -2.49. The Morgan fingerprint density at radius 2 is 1.80 bits per heavy atom. The van der Waals surface area contributed by atoms with Crippen LogP contribution in [0.2, 0.25) is 0 Å². The van der Waals surface area contributed by atoms with Gasteiger partial charge < -0.3 is 77.6 Å². The summed E-state index contributed by atoms with van der Waals surface area (Å²) < 4.78 is 24.0. The van der Waals surface area contributed by atoms with Crippen LogP contribution in [0, 0.1) is 0 Å². The number of aliphatic hydroxyl groups is 5. The average Bonchev–Trinajstić information content (AvgIpc) is 2.92. The lowest BCUT2D eigenvalue weighted by Crippen LogP contribution is -2.69. The molecule has 0 amide bonds. The first kappa shape index (κ1) is 33.5. The Hall–Kier alpha value is -1.02. The summed E-state index contributed by atoms with van der Waals surface area (Å²) >= 11 is 0. The molecular weight excluding hydrogens is 528 g/mol. The van der Waals surface area contributed by atoms with E-state index in [0.717, 1.165) is 13.0 Å². The molecule has 40 heavy (non-hydrogen) atoms. The van der Waals surface area contributed by atoms with Gasteiger partial charge in [-0.3, -0.25) is 0 Å². The standard InChI is InChI=1S/C25H50N6O9/c1-25(36)12-37-24(19(35)22(25)29-2)40-21-17(31-13(10-32)11-33)8-16(28)20(18(21)34)39-23-15(27)5-4-14(38-23)9-30-7-3-6-26/h4,13,15-24,29-36H,3,5-12,26-28H2,1-2H3/t15-,16+,17-,18+,19-,20?,21+,22-,23-,24-,25+/m1/s1. The third kappa shape index (κ3) is 8.29. The fourth-order valence-electron chi connectivity index (χ4n) is 5.45. The Morgan fingerprint density at radius 3 is 2.45 bits per heavy atom. The van der Waals surface area contributed by atoms with Crippen LogP contribution in [0.1, 0.15) is 26.2 Å². The highest BCUT2D eigenvalue weighted by Crippen LogP contribution is 2.32. The van der Waals surface area contributed by atoms with Gasteiger partial charge in [-0.05, 0) is 52.4 Å². The predicted octanol–water partition coefficient (Wildman–Crippen LogP) is -4.89. The van der Waals surface area contributed by atoms with Gasteiger partial charge in [0, 0.05) is 12.1 Å². The van der Waals surface area contributed by atoms with Crippen LogP contribution < -0.4 is 33.2 Å². The van der Waals surface area contributed by atoms with Gasteiger partial charge >= 0.3 is 0 Å². The quantitative estimate of drug-likeness (QED) is 0.0864. The summed E-state index contributed by atoms with van der Waals surface area (Å²) in [6.07, 6.45) is -3.26. The highest BCUT2D eigenvalue weighted by molar-refractivity contribution is 5.05. The van der Waals surface area contributed by atoms with E-state index in [-0.39, 0.29) is 26.2 Å². The average molecular weight is 579 g/mol. The summed E-state index contributed by atoms with van der Waals surface area (Å²) in [7, 11) is 1.60. The summed E-state index contributed by atoms with van der Waals surface area (Å²) in [6.45, 7) is 2.46. The minimum atomic E-state index is -1.36. The van der Waals surface area contributed by atoms with E-state index in [4.69, 9.17) is 36.1 Å². The van der Waals surface area contributed by atoms with Crippen LogP contribution in [0.15, 0.2) is 11.8 Å². The van der Waals surface area contributed by atoms with Crippen molar-refractivity contribution < 1.29 is 44.5 Å². The molecule has 2 heterocycles. The highest BCUT2D eigenvalue weighted by atomic mass is 16.7. The zero-order valence-corrected chi connectivity index (χ0v) is 23.4. The van der Waals surface area contributed by atoms with Crippen molar-refractivity contribution in [2.24, 2.45) is 17.2 Å². The van der Waals surface area contributed by atoms with Crippen molar-refractivity contribution >= 4 is 0 Å². The number of hydrogen-bond acceptors (Lipinski definition) is 15. The lowest BCUT2D eigenvalue weighted by atomic mass is 9.83. The Bertz CT molecular complexity index is 792. The second-order valence-corrected chi connectivity index (χ2v) is 11.1. The summed E-state index contributed by atoms with van der Waals surface area (Å²) in [5, 5.41) is 61.6. The van der Waals surface area contributed by atoms with E-state index in [1.54, 1.807) is 7.05 Å². The number of nitrogens with two attached hydrogens (primary N) is 3. The van der Waals surface area contributed by atoms with Crippen molar-refractivity contribution in [3.05, 3.63) is 11.8 Å². The molecule has 1 aliphatic carbocycles. The molecule has 0 aromatic rings. The fraction of sp³-hybridized carbons (Fsp3) is 0.920. The first-order chi connectivity index (χ1) is 19.1. The van der Waals surface area contributed by atoms with Gasteiger partial charge in [-0.2, -0.15) is 0 Å². The van der Waals surface area contributed by atoms with Crippen LogP contribution in [0.25, 0.3) is 0 Å². The topological polar surface area (TPSA) is 252 Å². The van der Waals surface area contributed by atoms with Gasteiger partial charge in [-0.1, -0.05) is 0 Å². The molecule has 0 aromatic heterocycles. The van der Waals surface area contributed by atoms with Crippen molar-refractivity contribution in [2.45, 2.75) is 99.0 Å². The van der Waals surface area contributed by atoms with Crippen LogP contribution in [-0.4, -0.2) is 145 Å². The number of likely N-dealkylation sites (N-methyl/N-ethyl adjacent to an activating group) is 1. The van der Waals surface area contributed by atoms with Crippen molar-refractivity contribution in [2.75, 3.05) is 46.5 Å². The Morgan fingerprint density at radius 1 is 1.10 bits per heavy atom. The second kappa shape index (κ2) is 15.5. The Labute approximate surface area is 235 Å². The normalized spacial score (nSPS) is 40.6. The first-order valence-corrected chi connectivity index (χ1v) is 14.0. The van der Waals surface area contributed by atoms with Gasteiger partial charge in [0.15, 0.2) is 6.29 Å². The van der Waals surface area contributed by atoms with Crippen LogP contribution >= 0.6 is 0 Å². The molecular formula is C25H50N6O9. The van der Waals surface area contributed by atoms with Gasteiger partial charge in [-0.15, -0.1) is 0 Å². The number of hydrogen-bond donors (Lipinski definition) is 11. The van der Waals surface area contributed by atoms with E-state index in [0.29, 0.717) is 25.3 Å². The van der Waals surface area contributed by atoms with Crippen molar-refractivity contribution in [3.63, 3.8) is 0 Å². The molecule has 0 radical (unpaired) electrons. The summed E-state index contributed by atoms with van der Waals surface area (Å²) in [4.78, 5) is 0. The van der Waals surface area contributed by atoms with E-state index >= 15 is 0 Å². The van der Waals surface area contributed by atoms with Crippen molar-refractivity contribution in [1.29, 1.82) is 0 Å². The fourth-order valence-corrected chi connectivity index (χ4v) is 5.45. The number of nitrogens with one attached hydrogen (secondary N) is 3. The van der Waals surface area contributed by atoms with E-state index in [2.05, 4.69) is 16.0 Å². The zero-order valence-electron chi connectivity index (χ0n) is 23.4. The van der Waals surface area contributed by atoms with E-state index in [9.17, 15) is 25.5 Å². The molecule has 1 saturated carbocycles. The molecule has 11 atom stereocenters. The van der Waals surface area contributed by atoms with E-state index in [1.165, 1.54) is 6.92 Å². The molecule has 3 rings (SSSR count). The monoisotopic (exact) mass is 578 g/mol. The van der Waals surface area contributed by atoms with Gasteiger partial charge in [0.05, 0.1) is 44.5 Å². The lowest BCUT2D eigenvalue weighted by molar-refractivity contribution is -0.304. The van der Waals surface area contributed by atoms with E-state index in [1.807, 2.05) is 6.08 Å². The molecule has 1 saturated heterocycles. The molecule has 0 aromatic carbocycles. The molecule has 234 valence electrons. The molecule has 14 N–H and O–H groups in total. The van der Waals surface area contributed by atoms with Gasteiger partial charge in [0.25, 0.3) is 0 Å². The molecule has 3 aliphatic rings. The van der Waals surface area contributed by atoms with Crippen LogP contribution in [0.3, 0.4) is 0 Å². The second-order valence-electron chi connectivity index (χ2n) is 11.1. The number of ether oxygens (including phenoxy) is 4. The van der Waals surface area contributed by atoms with Crippen LogP contribution in [0.5, 0.6) is 0 Å². The van der Waals surface area contributed by atoms with Gasteiger partial charge in [0.1, 0.15) is 35.8 Å². The van der Waals surface area contributed by atoms with Crippen LogP contribution in [-0.2, 0) is 18.9 Å². The summed E-state index contributed by atoms with van der Waals surface area (Å²) in [6, 6.07) is -3.32. The molecule has 2 fully saturated rings. The number of rotatable bonds is 14. The third-order valence-electron chi connectivity index (χ3n) is 7.72. The molecule has 2 aliphatic heterocycles. The van der Waals surface area contributed by atoms with Gasteiger partial charge in [0.2, 0.25) is 6.29 Å². The maximum atomic E-state index is 11.5. The van der Waals surface area contributed by atoms with Crippen molar-refractivity contribution in [3.8, 4) is 0 Å². The van der Waals surface area contributed by atoms with Crippen LogP contribution in [0.4, 0.5) is 0 Å². The molecule has 15 nitrogen and oxygen atoms in total. The summed E-state index contributed by atoms with van der Waals surface area (Å²) in [5.74, 6) is 0.660. The smallest absolute Gasteiger partial charge is 0.215 e. The minimum Gasteiger partial charge on any atom is -0.467 e. The Balaban J connectivity index is 1.75. The molecule has 0 bridgehead atoms. The van der Waals surface area contributed by atoms with E-state index < -0.39 is 72.8 Å². The first-order valence-electron chi connectivity index (χ1n) is 14.0. The zero-order chi connectivity index (χ0) is 29.4. The molecule has 15 heteroatoms. The highest BCUT2D eigenvalue weighted by Gasteiger charge is 2.51. The molecule has 1 unspecified atom stereocenters. The summed E-state index contributed by atoms with van der Waals surface area (Å²) in [5.41, 5.74) is 16.9. The molecule has 0 spiro atoms. The Kier molecular flexibility index (Phi) is 12.9.